The van der Waals surface area contributed by atoms with Gasteiger partial charge < -0.3 is 60.5 Å². The smallest absolute Gasteiger partial charge is 0.252 e. The third-order valence-electron chi connectivity index (χ3n) is 3.87. The molecule has 2 saturated heterocycles. The van der Waals surface area contributed by atoms with Gasteiger partial charge in [0.2, 0.25) is 0 Å². The van der Waals surface area contributed by atoms with E-state index in [0.29, 0.717) is 0 Å². The van der Waals surface area contributed by atoms with Crippen LogP contribution in [0.1, 0.15) is 0 Å². The van der Waals surface area contributed by atoms with E-state index in [4.69, 9.17) is 51.7 Å². The minimum Gasteiger partial charge on any atom is -0.394 e. The van der Waals surface area contributed by atoms with E-state index in [1.165, 1.54) is 0 Å². The number of hydrogen-bond donors (Lipinski definition) is 11. The van der Waals surface area contributed by atoms with Crippen LogP contribution in [0.2, 0.25) is 0 Å². The van der Waals surface area contributed by atoms with Crippen LogP contribution in [-0.4, -0.2) is 125 Å². The lowest BCUT2D eigenvalue weighted by Crippen LogP contribution is -2.69. The highest BCUT2D eigenvalue weighted by molar-refractivity contribution is 4.93. The average Bonchev–Trinajstić information content (AvgIpc) is 2.58. The number of aliphatic hydroxyl groups is 10. The fraction of sp³-hybridized carbons (Fsp3) is 1.00. The molecule has 13 heteroatoms. The molecule has 0 radical (unpaired) electrons. The molecule has 0 aromatic carbocycles. The lowest BCUT2D eigenvalue weighted by Gasteiger charge is -2.42. The van der Waals surface area contributed by atoms with E-state index >= 15 is 0 Å². The molecule has 2 fully saturated rings. The molecule has 13 nitrogen and oxygen atoms in total. The van der Waals surface area contributed by atoms with Crippen LogP contribution in [0.4, 0.5) is 0 Å². The summed E-state index contributed by atoms with van der Waals surface area (Å²) in [6.45, 7) is -1.15. The number of ether oxygens (including phenoxy) is 2. The normalized spacial score (nSPS) is 50.8. The largest absolute Gasteiger partial charge is 0.394 e. The molecule has 25 heavy (non-hydrogen) atoms. The van der Waals surface area contributed by atoms with E-state index in [0.717, 1.165) is 0 Å². The Kier molecular flexibility index (Phi) is 8.03. The molecule has 0 aromatic heterocycles. The minimum atomic E-state index is -2.45. The average molecular weight is 375 g/mol. The Bertz CT molecular complexity index is 405. The van der Waals surface area contributed by atoms with E-state index in [1.54, 1.807) is 0 Å². The highest BCUT2D eigenvalue weighted by Gasteiger charge is 2.50. The van der Waals surface area contributed by atoms with Gasteiger partial charge in [-0.3, -0.25) is 5.73 Å². The second kappa shape index (κ2) is 8.92. The summed E-state index contributed by atoms with van der Waals surface area (Å²) in [6.07, 6.45) is -13.2. The summed E-state index contributed by atoms with van der Waals surface area (Å²) in [5.74, 6) is -2.45. The summed E-state index contributed by atoms with van der Waals surface area (Å²) in [4.78, 5) is 0. The molecule has 0 spiro atoms. The first kappa shape index (κ1) is 22.5. The van der Waals surface area contributed by atoms with Gasteiger partial charge in [0.15, 0.2) is 12.4 Å². The molecule has 2 rings (SSSR count). The Labute approximate surface area is 141 Å². The van der Waals surface area contributed by atoms with Gasteiger partial charge in [0.1, 0.15) is 42.7 Å². The third kappa shape index (κ3) is 5.01. The molecule has 12 N–H and O–H groups in total. The van der Waals surface area contributed by atoms with E-state index in [2.05, 4.69) is 9.47 Å². The molecule has 0 aromatic rings. The molecule has 0 saturated carbocycles. The summed E-state index contributed by atoms with van der Waals surface area (Å²) in [5, 5.41) is 89.9. The molecule has 2 heterocycles. The van der Waals surface area contributed by atoms with E-state index in [1.807, 2.05) is 0 Å². The van der Waals surface area contributed by atoms with Crippen LogP contribution in [0, 0.1) is 0 Å². The number of aliphatic hydroxyl groups excluding tert-OH is 9. The SMILES string of the molecule is NC1(O)O[C@H](CO)[C@@H](O)[C@H](O)[C@H]1O.OC[C@H]1OC(O)[C@H](O)[C@@H](O)[C@@H]1O. The molecule has 0 aliphatic carbocycles. The van der Waals surface area contributed by atoms with Crippen LogP contribution in [0.5, 0.6) is 0 Å². The highest BCUT2D eigenvalue weighted by atomic mass is 16.7. The van der Waals surface area contributed by atoms with Crippen LogP contribution in [0.15, 0.2) is 0 Å². The summed E-state index contributed by atoms with van der Waals surface area (Å²) in [7, 11) is 0. The van der Waals surface area contributed by atoms with Crippen molar-refractivity contribution in [3.05, 3.63) is 0 Å². The Morgan fingerprint density at radius 3 is 1.68 bits per heavy atom. The second-order valence-electron chi connectivity index (χ2n) is 5.74. The zero-order valence-corrected chi connectivity index (χ0v) is 13.0. The number of rotatable bonds is 2. The van der Waals surface area contributed by atoms with Crippen molar-refractivity contribution in [1.29, 1.82) is 0 Å². The summed E-state index contributed by atoms with van der Waals surface area (Å²) < 4.78 is 9.12. The molecule has 2 unspecified atom stereocenters. The maximum atomic E-state index is 9.18. The first-order valence-corrected chi connectivity index (χ1v) is 7.30. The van der Waals surface area contributed by atoms with Crippen molar-refractivity contribution in [2.45, 2.75) is 61.0 Å². The Morgan fingerprint density at radius 1 is 0.720 bits per heavy atom. The molecule has 0 amide bonds. The topological polar surface area (TPSA) is 247 Å². The first-order chi connectivity index (χ1) is 11.5. The van der Waals surface area contributed by atoms with Crippen LogP contribution in [0.25, 0.3) is 0 Å². The summed E-state index contributed by atoms with van der Waals surface area (Å²) in [5.41, 5.74) is 5.04. The summed E-state index contributed by atoms with van der Waals surface area (Å²) >= 11 is 0. The Morgan fingerprint density at radius 2 is 1.20 bits per heavy atom. The first-order valence-electron chi connectivity index (χ1n) is 7.30. The standard InChI is InChI=1S/C6H13NO6.C6H12O6/c7-6(12)5(11)4(10)3(9)2(1-8)13-6;7-1-2-3(8)4(9)5(10)6(11)12-2/h2-5,8-12H,1,7H2;2-11H,1H2/t2*2-,3-,4+,5-,6?/m11/s1. The van der Waals surface area contributed by atoms with Gasteiger partial charge in [-0.25, -0.2) is 0 Å². The zero-order valence-electron chi connectivity index (χ0n) is 13.0. The third-order valence-corrected chi connectivity index (χ3v) is 3.87. The van der Waals surface area contributed by atoms with Crippen molar-refractivity contribution < 1.29 is 60.5 Å². The van der Waals surface area contributed by atoms with Crippen LogP contribution in [-0.2, 0) is 9.47 Å². The monoisotopic (exact) mass is 375 g/mol. The zero-order chi connectivity index (χ0) is 19.5. The molecular formula is C12H25NO12. The Balaban J connectivity index is 0.000000251. The van der Waals surface area contributed by atoms with Gasteiger partial charge in [-0.1, -0.05) is 0 Å². The predicted molar refractivity (Wildman–Crippen MR) is 75.1 cm³/mol. The van der Waals surface area contributed by atoms with Crippen molar-refractivity contribution in [2.75, 3.05) is 13.2 Å². The second-order valence-corrected chi connectivity index (χ2v) is 5.74. The van der Waals surface area contributed by atoms with Gasteiger partial charge in [0, 0.05) is 0 Å². The van der Waals surface area contributed by atoms with Gasteiger partial charge >= 0.3 is 0 Å². The van der Waals surface area contributed by atoms with Crippen molar-refractivity contribution >= 4 is 0 Å². The molecular weight excluding hydrogens is 350 g/mol. The van der Waals surface area contributed by atoms with Gasteiger partial charge in [0.05, 0.1) is 13.2 Å². The summed E-state index contributed by atoms with van der Waals surface area (Å²) in [6, 6.07) is 0. The maximum absolute atomic E-state index is 9.18. The molecule has 150 valence electrons. The fourth-order valence-electron chi connectivity index (χ4n) is 2.26. The van der Waals surface area contributed by atoms with E-state index in [-0.39, 0.29) is 0 Å². The maximum Gasteiger partial charge on any atom is 0.252 e. The highest BCUT2D eigenvalue weighted by Crippen LogP contribution is 2.24. The molecule has 2 aliphatic heterocycles. The number of hydrogen-bond acceptors (Lipinski definition) is 13. The molecule has 0 bridgehead atoms. The van der Waals surface area contributed by atoms with Crippen molar-refractivity contribution in [3.63, 3.8) is 0 Å². The fourth-order valence-corrected chi connectivity index (χ4v) is 2.26. The van der Waals surface area contributed by atoms with Crippen molar-refractivity contribution in [1.82, 2.24) is 0 Å². The van der Waals surface area contributed by atoms with Crippen LogP contribution in [0.3, 0.4) is 0 Å². The van der Waals surface area contributed by atoms with Crippen molar-refractivity contribution in [2.24, 2.45) is 5.73 Å². The lowest BCUT2D eigenvalue weighted by atomic mass is 9.97. The predicted octanol–water partition coefficient (Wildman–Crippen LogP) is -7.16. The molecule has 10 atom stereocenters. The van der Waals surface area contributed by atoms with E-state index in [9.17, 15) is 5.11 Å². The Hall–Kier alpha value is -0.520. The van der Waals surface area contributed by atoms with E-state index < -0.39 is 74.2 Å². The van der Waals surface area contributed by atoms with Gasteiger partial charge in [0.25, 0.3) is 5.91 Å². The van der Waals surface area contributed by atoms with Gasteiger partial charge in [-0.2, -0.15) is 0 Å². The lowest BCUT2D eigenvalue weighted by molar-refractivity contribution is -0.346. The van der Waals surface area contributed by atoms with Crippen molar-refractivity contribution in [3.8, 4) is 0 Å². The molecule has 2 aliphatic rings. The minimum absolute atomic E-state index is 0.526. The van der Waals surface area contributed by atoms with Gasteiger partial charge in [-0.15, -0.1) is 0 Å². The van der Waals surface area contributed by atoms with Crippen LogP contribution < -0.4 is 5.73 Å². The van der Waals surface area contributed by atoms with Crippen LogP contribution >= 0.6 is 0 Å². The van der Waals surface area contributed by atoms with Gasteiger partial charge in [-0.05, 0) is 0 Å². The number of nitrogens with two attached hydrogens (primary N) is 1. The quantitative estimate of drug-likeness (QED) is 0.201.